The van der Waals surface area contributed by atoms with Crippen LogP contribution in [0.15, 0.2) is 0 Å². The van der Waals surface area contributed by atoms with Gasteiger partial charge in [0.25, 0.3) is 0 Å². The highest BCUT2D eigenvalue weighted by Gasteiger charge is 2.75. The van der Waals surface area contributed by atoms with E-state index in [0.717, 1.165) is 21.7 Å². The summed E-state index contributed by atoms with van der Waals surface area (Å²) in [5.41, 5.74) is 3.45. The Bertz CT molecular complexity index is 407. The second kappa shape index (κ2) is 3.36. The third-order valence-corrected chi connectivity index (χ3v) is 10.00. The van der Waals surface area contributed by atoms with Crippen LogP contribution >= 0.6 is 0 Å². The summed E-state index contributed by atoms with van der Waals surface area (Å²) in [7, 11) is 0. The standard InChI is InChI=1S/C22H32/c1-2-15(1)19-9-20(16-3-4-16)12-21(10-19,17-5-6-17)14-22(11-19,13-20)18-7-8-18/h15-18H,1-14H2. The fraction of sp³-hybridized carbons (Fsp3) is 1.00. The molecule has 0 aromatic rings. The van der Waals surface area contributed by atoms with Gasteiger partial charge in [-0.05, 0) is 135 Å². The number of rotatable bonds is 4. The maximum Gasteiger partial charge on any atom is -0.0253 e. The van der Waals surface area contributed by atoms with Gasteiger partial charge in [-0.3, -0.25) is 0 Å². The molecule has 8 rings (SSSR count). The molecule has 0 aliphatic heterocycles. The molecule has 0 N–H and O–H groups in total. The van der Waals surface area contributed by atoms with Crippen LogP contribution in [0.3, 0.4) is 0 Å². The molecule has 0 radical (unpaired) electrons. The van der Waals surface area contributed by atoms with Crippen molar-refractivity contribution in [1.82, 2.24) is 0 Å². The van der Waals surface area contributed by atoms with Crippen molar-refractivity contribution in [2.45, 2.75) is 89.9 Å². The first-order valence-electron chi connectivity index (χ1n) is 10.7. The van der Waals surface area contributed by atoms with E-state index in [1.807, 2.05) is 0 Å². The third kappa shape index (κ3) is 1.39. The SMILES string of the molecule is C1CC1C12CC3(C4CC4)CC(C4CC4)(C1)CC(C1CC1)(C2)C3. The van der Waals surface area contributed by atoms with E-state index in [0.29, 0.717) is 0 Å². The van der Waals surface area contributed by atoms with Gasteiger partial charge in [-0.2, -0.15) is 0 Å². The van der Waals surface area contributed by atoms with Gasteiger partial charge in [0.15, 0.2) is 0 Å². The summed E-state index contributed by atoms with van der Waals surface area (Å²) >= 11 is 0. The highest BCUT2D eigenvalue weighted by molar-refractivity contribution is 5.25. The quantitative estimate of drug-likeness (QED) is 0.601. The Morgan fingerprint density at radius 3 is 0.636 bits per heavy atom. The molecule has 0 heteroatoms. The summed E-state index contributed by atoms with van der Waals surface area (Å²) < 4.78 is 0. The Morgan fingerprint density at radius 1 is 0.318 bits per heavy atom. The van der Waals surface area contributed by atoms with E-state index in [4.69, 9.17) is 0 Å². The topological polar surface area (TPSA) is 0 Å². The van der Waals surface area contributed by atoms with E-state index in [1.165, 1.54) is 23.7 Å². The Balaban J connectivity index is 1.42. The molecule has 0 aromatic heterocycles. The summed E-state index contributed by atoms with van der Waals surface area (Å²) in [6.07, 6.45) is 23.1. The first-order valence-corrected chi connectivity index (χ1v) is 10.7. The molecule has 0 amide bonds. The molecule has 8 aliphatic carbocycles. The molecular weight excluding hydrogens is 264 g/mol. The fourth-order valence-electron chi connectivity index (χ4n) is 9.47. The van der Waals surface area contributed by atoms with Crippen LogP contribution in [-0.2, 0) is 0 Å². The molecule has 22 heavy (non-hydrogen) atoms. The van der Waals surface area contributed by atoms with Gasteiger partial charge in [-0.25, -0.2) is 0 Å². The van der Waals surface area contributed by atoms with Crippen LogP contribution in [0.5, 0.6) is 0 Å². The predicted octanol–water partition coefficient (Wildman–Crippen LogP) is 5.95. The Morgan fingerprint density at radius 2 is 0.500 bits per heavy atom. The van der Waals surface area contributed by atoms with Crippen molar-refractivity contribution in [3.05, 3.63) is 0 Å². The third-order valence-electron chi connectivity index (χ3n) is 10.00. The van der Waals surface area contributed by atoms with E-state index in [1.54, 1.807) is 89.9 Å². The largest absolute Gasteiger partial charge is 0.0496 e. The zero-order valence-corrected chi connectivity index (χ0v) is 14.2. The second-order valence-electron chi connectivity index (χ2n) is 11.6. The van der Waals surface area contributed by atoms with E-state index < -0.39 is 0 Å². The van der Waals surface area contributed by atoms with Crippen LogP contribution in [-0.4, -0.2) is 0 Å². The predicted molar refractivity (Wildman–Crippen MR) is 88.3 cm³/mol. The maximum absolute atomic E-state index is 1.71. The van der Waals surface area contributed by atoms with Crippen molar-refractivity contribution in [1.29, 1.82) is 0 Å². The van der Waals surface area contributed by atoms with Crippen molar-refractivity contribution in [2.24, 2.45) is 45.3 Å². The normalized spacial score (nSPS) is 60.0. The smallest absolute Gasteiger partial charge is 0.0253 e. The molecule has 8 fully saturated rings. The van der Waals surface area contributed by atoms with E-state index in [2.05, 4.69) is 0 Å². The molecule has 0 saturated heterocycles. The van der Waals surface area contributed by atoms with Crippen LogP contribution in [0.2, 0.25) is 0 Å². The average molecular weight is 296 g/mol. The minimum atomic E-state index is 0.864. The van der Waals surface area contributed by atoms with E-state index >= 15 is 0 Å². The van der Waals surface area contributed by atoms with Crippen molar-refractivity contribution in [2.75, 3.05) is 0 Å². The van der Waals surface area contributed by atoms with Gasteiger partial charge in [0.1, 0.15) is 0 Å². The monoisotopic (exact) mass is 296 g/mol. The second-order valence-corrected chi connectivity index (χ2v) is 11.6. The molecule has 4 bridgehead atoms. The first-order chi connectivity index (χ1) is 10.7. The van der Waals surface area contributed by atoms with Gasteiger partial charge < -0.3 is 0 Å². The highest BCUT2D eigenvalue weighted by Crippen LogP contribution is 2.85. The Labute approximate surface area is 135 Å². The lowest BCUT2D eigenvalue weighted by Gasteiger charge is -2.72. The summed E-state index contributed by atoms with van der Waals surface area (Å²) in [6.45, 7) is 0. The van der Waals surface area contributed by atoms with Crippen LogP contribution in [0.1, 0.15) is 89.9 Å². The van der Waals surface area contributed by atoms with Crippen LogP contribution in [0, 0.1) is 45.3 Å². The molecule has 0 atom stereocenters. The van der Waals surface area contributed by atoms with E-state index in [9.17, 15) is 0 Å². The zero-order valence-electron chi connectivity index (χ0n) is 14.2. The molecule has 0 unspecified atom stereocenters. The number of hydrogen-bond acceptors (Lipinski definition) is 0. The molecular formula is C22H32. The summed E-state index contributed by atoms with van der Waals surface area (Å²) in [5.74, 6) is 4.73. The van der Waals surface area contributed by atoms with E-state index in [-0.39, 0.29) is 0 Å². The molecule has 8 aliphatic rings. The average Bonchev–Trinajstić information content (AvgIpc) is 3.40. The van der Waals surface area contributed by atoms with Crippen molar-refractivity contribution < 1.29 is 0 Å². The van der Waals surface area contributed by atoms with Crippen molar-refractivity contribution in [3.8, 4) is 0 Å². The zero-order chi connectivity index (χ0) is 14.2. The van der Waals surface area contributed by atoms with Crippen molar-refractivity contribution >= 4 is 0 Å². The minimum absolute atomic E-state index is 0.864. The van der Waals surface area contributed by atoms with Gasteiger partial charge in [-0.1, -0.05) is 0 Å². The van der Waals surface area contributed by atoms with Gasteiger partial charge in [0.05, 0.1) is 0 Å². The lowest BCUT2D eigenvalue weighted by atomic mass is 9.32. The fourth-order valence-corrected chi connectivity index (χ4v) is 9.47. The van der Waals surface area contributed by atoms with Crippen molar-refractivity contribution in [3.63, 3.8) is 0 Å². The molecule has 120 valence electrons. The lowest BCUT2D eigenvalue weighted by Crippen LogP contribution is -2.63. The van der Waals surface area contributed by atoms with Gasteiger partial charge in [0.2, 0.25) is 0 Å². The Kier molecular flexibility index (Phi) is 1.89. The summed E-state index contributed by atoms with van der Waals surface area (Å²) in [5, 5.41) is 0. The lowest BCUT2D eigenvalue weighted by molar-refractivity contribution is -0.229. The highest BCUT2D eigenvalue weighted by atomic mass is 14.8. The van der Waals surface area contributed by atoms with Gasteiger partial charge in [0, 0.05) is 0 Å². The molecule has 0 aromatic carbocycles. The molecule has 0 nitrogen and oxygen atoms in total. The van der Waals surface area contributed by atoms with Gasteiger partial charge >= 0.3 is 0 Å². The molecule has 0 heterocycles. The summed E-state index contributed by atoms with van der Waals surface area (Å²) in [6, 6.07) is 0. The van der Waals surface area contributed by atoms with Crippen LogP contribution < -0.4 is 0 Å². The van der Waals surface area contributed by atoms with Crippen LogP contribution in [0.25, 0.3) is 0 Å². The molecule has 0 spiro atoms. The molecule has 8 saturated carbocycles. The Hall–Kier alpha value is 0. The van der Waals surface area contributed by atoms with Gasteiger partial charge in [-0.15, -0.1) is 0 Å². The minimum Gasteiger partial charge on any atom is -0.0496 e. The van der Waals surface area contributed by atoms with Crippen LogP contribution in [0.4, 0.5) is 0 Å². The summed E-state index contributed by atoms with van der Waals surface area (Å²) in [4.78, 5) is 0. The maximum atomic E-state index is 1.71. The first kappa shape index (κ1) is 12.4. The number of hydrogen-bond donors (Lipinski definition) is 0.